The maximum atomic E-state index is 13.3. The number of ether oxygens (including phenoxy) is 1. The van der Waals surface area contributed by atoms with Gasteiger partial charge in [0.05, 0.1) is 13.0 Å². The number of imidazole rings is 1. The van der Waals surface area contributed by atoms with Crippen LogP contribution in [0, 0.1) is 13.8 Å². The first-order valence-corrected chi connectivity index (χ1v) is 9.37. The highest BCUT2D eigenvalue weighted by Crippen LogP contribution is 2.26. The van der Waals surface area contributed by atoms with Gasteiger partial charge >= 0.3 is 5.97 Å². The van der Waals surface area contributed by atoms with Crippen molar-refractivity contribution in [1.82, 2.24) is 14.3 Å². The second kappa shape index (κ2) is 8.25. The molecule has 0 N–H and O–H groups in total. The SMILES string of the molecule is CCOC(=O)CCN(C)C(=O)c1c(-c2ccc(C)cc2)nc2ccc(C)cn12. The topological polar surface area (TPSA) is 63.9 Å². The van der Waals surface area contributed by atoms with Crippen LogP contribution in [-0.4, -0.2) is 46.4 Å². The lowest BCUT2D eigenvalue weighted by Gasteiger charge is -2.17. The number of aromatic nitrogens is 2. The van der Waals surface area contributed by atoms with Crippen LogP contribution in [0.3, 0.4) is 0 Å². The summed E-state index contributed by atoms with van der Waals surface area (Å²) in [6.07, 6.45) is 2.07. The summed E-state index contributed by atoms with van der Waals surface area (Å²) >= 11 is 0. The largest absolute Gasteiger partial charge is 0.466 e. The molecule has 0 unspecified atom stereocenters. The number of benzene rings is 1. The van der Waals surface area contributed by atoms with Crippen LogP contribution in [-0.2, 0) is 9.53 Å². The van der Waals surface area contributed by atoms with Gasteiger partial charge in [-0.3, -0.25) is 14.0 Å². The zero-order valence-electron chi connectivity index (χ0n) is 16.7. The second-order valence-electron chi connectivity index (χ2n) is 6.89. The fourth-order valence-corrected chi connectivity index (χ4v) is 3.04. The van der Waals surface area contributed by atoms with E-state index in [1.807, 2.05) is 60.8 Å². The van der Waals surface area contributed by atoms with E-state index in [2.05, 4.69) is 0 Å². The molecule has 0 atom stereocenters. The van der Waals surface area contributed by atoms with Crippen molar-refractivity contribution in [2.45, 2.75) is 27.2 Å². The summed E-state index contributed by atoms with van der Waals surface area (Å²) in [6, 6.07) is 11.8. The van der Waals surface area contributed by atoms with E-state index in [0.29, 0.717) is 23.6 Å². The smallest absolute Gasteiger partial charge is 0.307 e. The van der Waals surface area contributed by atoms with Crippen molar-refractivity contribution in [1.29, 1.82) is 0 Å². The fourth-order valence-electron chi connectivity index (χ4n) is 3.04. The van der Waals surface area contributed by atoms with Gasteiger partial charge in [0.15, 0.2) is 0 Å². The minimum atomic E-state index is -0.310. The van der Waals surface area contributed by atoms with E-state index in [9.17, 15) is 9.59 Å². The van der Waals surface area contributed by atoms with E-state index in [0.717, 1.165) is 16.7 Å². The number of hydrogen-bond donors (Lipinski definition) is 0. The van der Waals surface area contributed by atoms with E-state index in [1.165, 1.54) is 0 Å². The molecule has 1 amide bonds. The second-order valence-corrected chi connectivity index (χ2v) is 6.89. The normalized spacial score (nSPS) is 10.9. The quantitative estimate of drug-likeness (QED) is 0.614. The molecule has 2 aromatic heterocycles. The first-order valence-electron chi connectivity index (χ1n) is 9.37. The Bertz CT molecular complexity index is 1010. The summed E-state index contributed by atoms with van der Waals surface area (Å²) in [6.45, 7) is 6.38. The Morgan fingerprint density at radius 3 is 2.43 bits per heavy atom. The molecule has 0 radical (unpaired) electrons. The summed E-state index contributed by atoms with van der Waals surface area (Å²) in [4.78, 5) is 31.2. The van der Waals surface area contributed by atoms with E-state index in [-0.39, 0.29) is 24.8 Å². The molecule has 0 saturated heterocycles. The zero-order chi connectivity index (χ0) is 20.3. The molecule has 6 heteroatoms. The van der Waals surface area contributed by atoms with E-state index in [1.54, 1.807) is 18.9 Å². The van der Waals surface area contributed by atoms with E-state index in [4.69, 9.17) is 9.72 Å². The molecule has 0 saturated carbocycles. The van der Waals surface area contributed by atoms with Gasteiger partial charge in [0.25, 0.3) is 5.91 Å². The lowest BCUT2D eigenvalue weighted by atomic mass is 10.1. The van der Waals surface area contributed by atoms with Gasteiger partial charge in [-0.1, -0.05) is 35.9 Å². The number of aryl methyl sites for hydroxylation is 2. The van der Waals surface area contributed by atoms with Crippen molar-refractivity contribution in [3.8, 4) is 11.3 Å². The van der Waals surface area contributed by atoms with E-state index < -0.39 is 0 Å². The molecule has 3 aromatic rings. The van der Waals surface area contributed by atoms with Crippen LogP contribution in [0.15, 0.2) is 42.6 Å². The average molecular weight is 379 g/mol. The minimum absolute atomic E-state index is 0.158. The maximum Gasteiger partial charge on any atom is 0.307 e. The van der Waals surface area contributed by atoms with Crippen molar-refractivity contribution < 1.29 is 14.3 Å². The standard InChI is InChI=1S/C22H25N3O3/c1-5-28-19(26)12-13-24(4)22(27)21-20(17-9-6-15(2)7-10-17)23-18-11-8-16(3)14-25(18)21/h6-11,14H,5,12-13H2,1-4H3. The molecule has 2 heterocycles. The van der Waals surface area contributed by atoms with Crippen LogP contribution in [0.25, 0.3) is 16.9 Å². The number of carbonyl (C=O) groups excluding carboxylic acids is 2. The van der Waals surface area contributed by atoms with Crippen molar-refractivity contribution in [2.75, 3.05) is 20.2 Å². The van der Waals surface area contributed by atoms with Crippen LogP contribution in [0.4, 0.5) is 0 Å². The summed E-state index contributed by atoms with van der Waals surface area (Å²) in [5, 5.41) is 0. The molecule has 3 rings (SSSR count). The molecule has 0 spiro atoms. The Morgan fingerprint density at radius 1 is 1.07 bits per heavy atom. The zero-order valence-corrected chi connectivity index (χ0v) is 16.7. The minimum Gasteiger partial charge on any atom is -0.466 e. The molecular weight excluding hydrogens is 354 g/mol. The lowest BCUT2D eigenvalue weighted by Crippen LogP contribution is -2.30. The highest BCUT2D eigenvalue weighted by atomic mass is 16.5. The van der Waals surface area contributed by atoms with Gasteiger partial charge in [-0.2, -0.15) is 0 Å². The van der Waals surface area contributed by atoms with E-state index >= 15 is 0 Å². The van der Waals surface area contributed by atoms with Crippen molar-refractivity contribution in [2.24, 2.45) is 0 Å². The third-order valence-electron chi connectivity index (χ3n) is 4.60. The third-order valence-corrected chi connectivity index (χ3v) is 4.60. The van der Waals surface area contributed by atoms with Gasteiger partial charge in [-0.15, -0.1) is 0 Å². The Kier molecular flexibility index (Phi) is 5.78. The first kappa shape index (κ1) is 19.6. The van der Waals surface area contributed by atoms with Crippen LogP contribution < -0.4 is 0 Å². The molecule has 0 aliphatic heterocycles. The van der Waals surface area contributed by atoms with Crippen LogP contribution in [0.1, 0.15) is 35.0 Å². The molecule has 0 fully saturated rings. The van der Waals surface area contributed by atoms with Gasteiger partial charge in [0, 0.05) is 25.4 Å². The fraction of sp³-hybridized carbons (Fsp3) is 0.318. The maximum absolute atomic E-state index is 13.3. The molecule has 28 heavy (non-hydrogen) atoms. The number of fused-ring (bicyclic) bond motifs is 1. The Labute approximate surface area is 164 Å². The molecule has 0 bridgehead atoms. The summed E-state index contributed by atoms with van der Waals surface area (Å²) in [7, 11) is 1.69. The highest BCUT2D eigenvalue weighted by molar-refractivity contribution is 5.99. The van der Waals surface area contributed by atoms with Crippen LogP contribution >= 0.6 is 0 Å². The summed E-state index contributed by atoms with van der Waals surface area (Å²) < 4.78 is 6.79. The molecule has 0 aliphatic rings. The number of pyridine rings is 1. The number of nitrogens with zero attached hydrogens (tertiary/aromatic N) is 3. The van der Waals surface area contributed by atoms with Crippen molar-refractivity contribution >= 4 is 17.5 Å². The molecular formula is C22H25N3O3. The first-order chi connectivity index (χ1) is 13.4. The molecule has 1 aromatic carbocycles. The number of carbonyl (C=O) groups is 2. The Morgan fingerprint density at radius 2 is 1.75 bits per heavy atom. The average Bonchev–Trinajstić information content (AvgIpc) is 3.04. The van der Waals surface area contributed by atoms with Crippen molar-refractivity contribution in [3.05, 3.63) is 59.4 Å². The van der Waals surface area contributed by atoms with Gasteiger partial charge in [0.2, 0.25) is 0 Å². The number of hydrogen-bond acceptors (Lipinski definition) is 4. The number of rotatable bonds is 6. The molecule has 146 valence electrons. The van der Waals surface area contributed by atoms with Crippen LogP contribution in [0.2, 0.25) is 0 Å². The Balaban J connectivity index is 2.01. The molecule has 0 aliphatic carbocycles. The third kappa shape index (κ3) is 4.06. The van der Waals surface area contributed by atoms with Gasteiger partial charge in [-0.25, -0.2) is 4.98 Å². The monoisotopic (exact) mass is 379 g/mol. The van der Waals surface area contributed by atoms with Gasteiger partial charge < -0.3 is 9.64 Å². The Hall–Kier alpha value is -3.15. The number of esters is 1. The summed E-state index contributed by atoms with van der Waals surface area (Å²) in [5.74, 6) is -0.493. The highest BCUT2D eigenvalue weighted by Gasteiger charge is 2.24. The van der Waals surface area contributed by atoms with Gasteiger partial charge in [0.1, 0.15) is 17.0 Å². The lowest BCUT2D eigenvalue weighted by molar-refractivity contribution is -0.143. The predicted octanol–water partition coefficient (Wildman–Crippen LogP) is 3.64. The summed E-state index contributed by atoms with van der Waals surface area (Å²) in [5.41, 5.74) is 4.90. The predicted molar refractivity (Wildman–Crippen MR) is 108 cm³/mol. The van der Waals surface area contributed by atoms with Crippen molar-refractivity contribution in [3.63, 3.8) is 0 Å². The number of amides is 1. The molecule has 6 nitrogen and oxygen atoms in total. The van der Waals surface area contributed by atoms with Crippen LogP contribution in [0.5, 0.6) is 0 Å². The van der Waals surface area contributed by atoms with Gasteiger partial charge in [-0.05, 0) is 32.4 Å².